The monoisotopic (exact) mass is 212 g/mol. The first-order valence-corrected chi connectivity index (χ1v) is 4.37. The molecule has 0 aliphatic carbocycles. The van der Waals surface area contributed by atoms with Crippen molar-refractivity contribution in [2.75, 3.05) is 7.11 Å². The van der Waals surface area contributed by atoms with Crippen LogP contribution in [0.25, 0.3) is 0 Å². The Labute approximate surface area is 87.2 Å². The molecule has 1 aromatic carbocycles. The first kappa shape index (κ1) is 11.6. The fraction of sp³-hybridized carbons (Fsp3) is 0.300. The highest BCUT2D eigenvalue weighted by Gasteiger charge is 2.37. The number of methoxy groups -OCH3 is 1. The number of ether oxygens (including phenoxy) is 1. The predicted molar refractivity (Wildman–Crippen MR) is 53.1 cm³/mol. The molecule has 1 unspecified atom stereocenters. The van der Waals surface area contributed by atoms with E-state index in [0.29, 0.717) is 0 Å². The third kappa shape index (κ3) is 1.98. The van der Waals surface area contributed by atoms with E-state index in [1.807, 2.05) is 0 Å². The third-order valence-corrected chi connectivity index (χ3v) is 2.29. The number of esters is 1. The normalized spacial score (nSPS) is 14.4. The number of hydrogen-bond donors (Lipinski definition) is 2. The number of carbonyl (C=O) groups excluding carboxylic acids is 1. The maximum Gasteiger partial charge on any atom is 0.331 e. The zero-order valence-corrected chi connectivity index (χ0v) is 8.58. The van der Waals surface area contributed by atoms with Gasteiger partial charge in [0, 0.05) is 5.56 Å². The quantitative estimate of drug-likeness (QED) is 0.439. The molecule has 0 heterocycles. The molecule has 0 spiro atoms. The van der Waals surface area contributed by atoms with Crippen LogP contribution in [0.5, 0.6) is 0 Å². The molecule has 5 heteroatoms. The van der Waals surface area contributed by atoms with Crippen LogP contribution >= 0.6 is 0 Å². The highest BCUT2D eigenvalue weighted by molar-refractivity contribution is 5.82. The van der Waals surface area contributed by atoms with Gasteiger partial charge in [0.1, 0.15) is 5.82 Å². The largest absolute Gasteiger partial charge is 0.467 e. The minimum absolute atomic E-state index is 0.152. The van der Waals surface area contributed by atoms with E-state index in [9.17, 15) is 9.18 Å². The molecule has 0 amide bonds. The molecule has 0 aliphatic heterocycles. The van der Waals surface area contributed by atoms with E-state index < -0.39 is 17.3 Å². The summed E-state index contributed by atoms with van der Waals surface area (Å²) in [5, 5.41) is 0. The second-order valence-electron chi connectivity index (χ2n) is 3.24. The lowest BCUT2D eigenvalue weighted by Crippen LogP contribution is -2.51. The van der Waals surface area contributed by atoms with Crippen LogP contribution in [0.2, 0.25) is 0 Å². The van der Waals surface area contributed by atoms with Crippen molar-refractivity contribution in [1.29, 1.82) is 0 Å². The van der Waals surface area contributed by atoms with E-state index >= 15 is 0 Å². The molecule has 3 N–H and O–H groups in total. The molecular formula is C10H13FN2O2. The van der Waals surface area contributed by atoms with Gasteiger partial charge in [-0.2, -0.15) is 0 Å². The number of carbonyl (C=O) groups is 1. The van der Waals surface area contributed by atoms with Crippen LogP contribution in [-0.2, 0) is 15.1 Å². The number of halogens is 1. The Morgan fingerprint density at radius 3 is 2.60 bits per heavy atom. The Balaban J connectivity index is 3.23. The molecule has 0 saturated heterocycles. The first-order chi connectivity index (χ1) is 7.06. The second-order valence-corrected chi connectivity index (χ2v) is 3.24. The topological polar surface area (TPSA) is 64.3 Å². The van der Waals surface area contributed by atoms with Crippen molar-refractivity contribution in [3.63, 3.8) is 0 Å². The molecule has 1 aromatic rings. The minimum atomic E-state index is -1.37. The van der Waals surface area contributed by atoms with Gasteiger partial charge in [0.25, 0.3) is 0 Å². The average Bonchev–Trinajstić information content (AvgIpc) is 2.27. The first-order valence-electron chi connectivity index (χ1n) is 4.37. The van der Waals surface area contributed by atoms with E-state index in [1.165, 1.54) is 32.2 Å². The van der Waals surface area contributed by atoms with E-state index in [-0.39, 0.29) is 5.56 Å². The third-order valence-electron chi connectivity index (χ3n) is 2.29. The Bertz CT molecular complexity index is 370. The zero-order valence-electron chi connectivity index (χ0n) is 8.58. The molecule has 0 fully saturated rings. The number of nitrogens with two attached hydrogens (primary N) is 1. The molecule has 0 aliphatic rings. The van der Waals surface area contributed by atoms with Gasteiger partial charge in [-0.25, -0.2) is 14.6 Å². The second kappa shape index (κ2) is 4.37. The molecule has 0 bridgehead atoms. The van der Waals surface area contributed by atoms with E-state index in [1.54, 1.807) is 6.07 Å². The summed E-state index contributed by atoms with van der Waals surface area (Å²) in [6.45, 7) is 1.46. The van der Waals surface area contributed by atoms with Crippen molar-refractivity contribution in [2.24, 2.45) is 5.84 Å². The van der Waals surface area contributed by atoms with Gasteiger partial charge in [0.05, 0.1) is 7.11 Å². The van der Waals surface area contributed by atoms with Crippen LogP contribution in [0.1, 0.15) is 12.5 Å². The van der Waals surface area contributed by atoms with Crippen LogP contribution in [0.4, 0.5) is 4.39 Å². The zero-order chi connectivity index (χ0) is 11.5. The highest BCUT2D eigenvalue weighted by Crippen LogP contribution is 2.23. The van der Waals surface area contributed by atoms with Crippen LogP contribution in [-0.4, -0.2) is 13.1 Å². The van der Waals surface area contributed by atoms with Gasteiger partial charge in [0.15, 0.2) is 5.54 Å². The molecule has 0 aromatic heterocycles. The van der Waals surface area contributed by atoms with Crippen LogP contribution < -0.4 is 11.3 Å². The van der Waals surface area contributed by atoms with Crippen molar-refractivity contribution in [3.8, 4) is 0 Å². The van der Waals surface area contributed by atoms with Gasteiger partial charge >= 0.3 is 5.97 Å². The summed E-state index contributed by atoms with van der Waals surface area (Å²) in [7, 11) is 1.22. The van der Waals surface area contributed by atoms with Gasteiger partial charge in [-0.15, -0.1) is 0 Å². The lowest BCUT2D eigenvalue weighted by molar-refractivity contribution is -0.148. The minimum Gasteiger partial charge on any atom is -0.467 e. The summed E-state index contributed by atoms with van der Waals surface area (Å²) < 4.78 is 18.0. The van der Waals surface area contributed by atoms with Crippen molar-refractivity contribution in [3.05, 3.63) is 35.6 Å². The Morgan fingerprint density at radius 1 is 1.53 bits per heavy atom. The van der Waals surface area contributed by atoms with Crippen LogP contribution in [0.15, 0.2) is 24.3 Å². The maximum absolute atomic E-state index is 13.5. The van der Waals surface area contributed by atoms with Gasteiger partial charge in [-0.05, 0) is 13.0 Å². The molecule has 0 radical (unpaired) electrons. The van der Waals surface area contributed by atoms with Crippen molar-refractivity contribution >= 4 is 5.97 Å². The lowest BCUT2D eigenvalue weighted by Gasteiger charge is -2.26. The smallest absolute Gasteiger partial charge is 0.331 e. The SMILES string of the molecule is COC(=O)C(C)(NN)c1ccccc1F. The van der Waals surface area contributed by atoms with Crippen LogP contribution in [0, 0.1) is 5.82 Å². The van der Waals surface area contributed by atoms with Gasteiger partial charge in [-0.3, -0.25) is 5.84 Å². The average molecular weight is 212 g/mol. The number of hydrogen-bond acceptors (Lipinski definition) is 4. The lowest BCUT2D eigenvalue weighted by atomic mass is 9.92. The molecule has 4 nitrogen and oxygen atoms in total. The fourth-order valence-electron chi connectivity index (χ4n) is 1.32. The van der Waals surface area contributed by atoms with Crippen molar-refractivity contribution < 1.29 is 13.9 Å². The van der Waals surface area contributed by atoms with Gasteiger partial charge in [-0.1, -0.05) is 18.2 Å². The highest BCUT2D eigenvalue weighted by atomic mass is 19.1. The van der Waals surface area contributed by atoms with Crippen LogP contribution in [0.3, 0.4) is 0 Å². The van der Waals surface area contributed by atoms with E-state index in [2.05, 4.69) is 10.2 Å². The Morgan fingerprint density at radius 2 is 2.13 bits per heavy atom. The number of rotatable bonds is 3. The number of hydrazine groups is 1. The summed E-state index contributed by atoms with van der Waals surface area (Å²) in [5.41, 5.74) is 1.05. The summed E-state index contributed by atoms with van der Waals surface area (Å²) in [6.07, 6.45) is 0. The molecule has 1 atom stereocenters. The van der Waals surface area contributed by atoms with Gasteiger partial charge in [0.2, 0.25) is 0 Å². The Hall–Kier alpha value is -1.46. The van der Waals surface area contributed by atoms with E-state index in [0.717, 1.165) is 0 Å². The standard InChI is InChI=1S/C10H13FN2O2/c1-10(13-12,9(14)15-2)7-5-3-4-6-8(7)11/h3-6,13H,12H2,1-2H3. The molecule has 15 heavy (non-hydrogen) atoms. The van der Waals surface area contributed by atoms with Gasteiger partial charge < -0.3 is 4.74 Å². The summed E-state index contributed by atoms with van der Waals surface area (Å²) in [5.74, 6) is 4.11. The molecule has 1 rings (SSSR count). The van der Waals surface area contributed by atoms with Crippen molar-refractivity contribution in [2.45, 2.75) is 12.5 Å². The predicted octanol–water partition coefficient (Wildman–Crippen LogP) is 0.677. The summed E-state index contributed by atoms with van der Waals surface area (Å²) in [4.78, 5) is 11.5. The molecule has 0 saturated carbocycles. The Kier molecular flexibility index (Phi) is 3.39. The number of benzene rings is 1. The molecular weight excluding hydrogens is 199 g/mol. The fourth-order valence-corrected chi connectivity index (χ4v) is 1.32. The summed E-state index contributed by atoms with van der Waals surface area (Å²) >= 11 is 0. The maximum atomic E-state index is 13.5. The molecule has 82 valence electrons. The number of nitrogens with one attached hydrogen (secondary N) is 1. The van der Waals surface area contributed by atoms with Crippen molar-refractivity contribution in [1.82, 2.24) is 5.43 Å². The summed E-state index contributed by atoms with van der Waals surface area (Å²) in [6, 6.07) is 5.89. The van der Waals surface area contributed by atoms with E-state index in [4.69, 9.17) is 5.84 Å².